The van der Waals surface area contributed by atoms with Crippen LogP contribution in [0, 0.1) is 0 Å². The number of carbonyl (C=O) groups is 1. The lowest BCUT2D eigenvalue weighted by Crippen LogP contribution is -2.24. The molecule has 3 heterocycles. The standard InChI is InChI=1S/C10H10N4O/c1-2-13-5-7-3-4-8-11-6-12-14(8)9(7)10(13)15/h3-4,6H,2,5H2,1H3. The minimum absolute atomic E-state index is 0.0450. The summed E-state index contributed by atoms with van der Waals surface area (Å²) in [6, 6.07) is 3.84. The molecule has 0 saturated heterocycles. The monoisotopic (exact) mass is 202 g/mol. The van der Waals surface area contributed by atoms with Crippen molar-refractivity contribution >= 4 is 11.6 Å². The van der Waals surface area contributed by atoms with E-state index in [-0.39, 0.29) is 5.91 Å². The number of hydrogen-bond donors (Lipinski definition) is 0. The Kier molecular flexibility index (Phi) is 1.56. The van der Waals surface area contributed by atoms with Gasteiger partial charge in [0.15, 0.2) is 5.65 Å². The first-order valence-electron chi connectivity index (χ1n) is 4.92. The number of hydrogen-bond acceptors (Lipinski definition) is 3. The summed E-state index contributed by atoms with van der Waals surface area (Å²) in [5.41, 5.74) is 2.41. The molecule has 0 radical (unpaired) electrons. The van der Waals surface area contributed by atoms with Crippen molar-refractivity contribution in [1.82, 2.24) is 19.5 Å². The molecule has 0 N–H and O–H groups in total. The largest absolute Gasteiger partial charge is 0.333 e. The van der Waals surface area contributed by atoms with Crippen molar-refractivity contribution in [2.75, 3.05) is 6.54 Å². The molecule has 2 aromatic heterocycles. The number of aromatic nitrogens is 3. The summed E-state index contributed by atoms with van der Waals surface area (Å²) in [5.74, 6) is 0.0450. The first kappa shape index (κ1) is 8.40. The summed E-state index contributed by atoms with van der Waals surface area (Å²) < 4.78 is 1.62. The predicted molar refractivity (Wildman–Crippen MR) is 53.4 cm³/mol. The molecule has 15 heavy (non-hydrogen) atoms. The molecule has 5 nitrogen and oxygen atoms in total. The molecule has 0 spiro atoms. The molecular formula is C10H10N4O. The van der Waals surface area contributed by atoms with Crippen LogP contribution in [-0.2, 0) is 6.54 Å². The second kappa shape index (κ2) is 2.79. The molecule has 0 bridgehead atoms. The Bertz CT molecular complexity index is 545. The van der Waals surface area contributed by atoms with Crippen molar-refractivity contribution in [1.29, 1.82) is 0 Å². The van der Waals surface area contributed by atoms with Gasteiger partial charge in [0.2, 0.25) is 0 Å². The van der Waals surface area contributed by atoms with Crippen LogP contribution in [0.2, 0.25) is 0 Å². The average molecular weight is 202 g/mol. The number of pyridine rings is 1. The van der Waals surface area contributed by atoms with Gasteiger partial charge in [0, 0.05) is 18.7 Å². The van der Waals surface area contributed by atoms with E-state index >= 15 is 0 Å². The van der Waals surface area contributed by atoms with Gasteiger partial charge in [-0.05, 0) is 13.0 Å². The molecule has 1 amide bonds. The van der Waals surface area contributed by atoms with E-state index in [1.807, 2.05) is 19.1 Å². The van der Waals surface area contributed by atoms with E-state index in [1.54, 1.807) is 9.42 Å². The zero-order valence-corrected chi connectivity index (χ0v) is 8.34. The fourth-order valence-corrected chi connectivity index (χ4v) is 1.96. The van der Waals surface area contributed by atoms with Gasteiger partial charge in [-0.15, -0.1) is 0 Å². The molecule has 2 aromatic rings. The Labute approximate surface area is 86.3 Å². The van der Waals surface area contributed by atoms with Crippen molar-refractivity contribution < 1.29 is 4.79 Å². The minimum atomic E-state index is 0.0450. The Hall–Kier alpha value is -1.91. The molecule has 0 fully saturated rings. The zero-order chi connectivity index (χ0) is 10.4. The van der Waals surface area contributed by atoms with Gasteiger partial charge in [-0.2, -0.15) is 5.10 Å². The van der Waals surface area contributed by atoms with E-state index in [0.29, 0.717) is 12.2 Å². The maximum absolute atomic E-state index is 12.0. The van der Waals surface area contributed by atoms with Crippen molar-refractivity contribution in [3.05, 3.63) is 29.7 Å². The summed E-state index contributed by atoms with van der Waals surface area (Å²) in [6.45, 7) is 3.38. The van der Waals surface area contributed by atoms with Gasteiger partial charge in [-0.3, -0.25) is 4.79 Å². The lowest BCUT2D eigenvalue weighted by Gasteiger charge is -2.10. The van der Waals surface area contributed by atoms with Crippen LogP contribution < -0.4 is 0 Å². The third-order valence-corrected chi connectivity index (χ3v) is 2.76. The summed E-state index contributed by atoms with van der Waals surface area (Å²) >= 11 is 0. The van der Waals surface area contributed by atoms with Crippen molar-refractivity contribution in [2.45, 2.75) is 13.5 Å². The van der Waals surface area contributed by atoms with Crippen LogP contribution in [0.1, 0.15) is 23.0 Å². The van der Waals surface area contributed by atoms with Gasteiger partial charge >= 0.3 is 0 Å². The molecule has 3 rings (SSSR count). The Morgan fingerprint density at radius 3 is 3.13 bits per heavy atom. The van der Waals surface area contributed by atoms with Gasteiger partial charge in [0.25, 0.3) is 5.91 Å². The summed E-state index contributed by atoms with van der Waals surface area (Å²) in [7, 11) is 0. The van der Waals surface area contributed by atoms with Gasteiger partial charge in [-0.1, -0.05) is 6.07 Å². The molecule has 76 valence electrons. The van der Waals surface area contributed by atoms with E-state index in [9.17, 15) is 4.79 Å². The highest BCUT2D eigenvalue weighted by Gasteiger charge is 2.29. The van der Waals surface area contributed by atoms with E-state index < -0.39 is 0 Å². The Morgan fingerprint density at radius 1 is 1.47 bits per heavy atom. The van der Waals surface area contributed by atoms with E-state index in [2.05, 4.69) is 10.1 Å². The number of fused-ring (bicyclic) bond motifs is 3. The van der Waals surface area contributed by atoms with Crippen LogP contribution in [0.5, 0.6) is 0 Å². The van der Waals surface area contributed by atoms with Gasteiger partial charge in [0.05, 0.1) is 0 Å². The number of rotatable bonds is 1. The average Bonchev–Trinajstić information content (AvgIpc) is 2.81. The highest BCUT2D eigenvalue weighted by Crippen LogP contribution is 2.22. The van der Waals surface area contributed by atoms with Crippen LogP contribution in [-0.4, -0.2) is 31.9 Å². The maximum Gasteiger partial charge on any atom is 0.273 e. The first-order valence-corrected chi connectivity index (χ1v) is 4.92. The van der Waals surface area contributed by atoms with Gasteiger partial charge in [0.1, 0.15) is 12.0 Å². The van der Waals surface area contributed by atoms with Crippen LogP contribution in [0.3, 0.4) is 0 Å². The molecule has 0 aliphatic carbocycles. The Morgan fingerprint density at radius 2 is 2.33 bits per heavy atom. The summed E-state index contributed by atoms with van der Waals surface area (Å²) in [4.78, 5) is 17.8. The number of amides is 1. The smallest absolute Gasteiger partial charge is 0.273 e. The van der Waals surface area contributed by atoms with Crippen molar-refractivity contribution in [3.8, 4) is 0 Å². The molecule has 1 aliphatic rings. The predicted octanol–water partition coefficient (Wildman–Crippen LogP) is 0.705. The molecule has 0 unspecified atom stereocenters. The maximum atomic E-state index is 12.0. The second-order valence-electron chi connectivity index (χ2n) is 3.56. The van der Waals surface area contributed by atoms with Crippen molar-refractivity contribution in [2.24, 2.45) is 0 Å². The molecule has 0 aromatic carbocycles. The third-order valence-electron chi connectivity index (χ3n) is 2.76. The van der Waals surface area contributed by atoms with E-state index in [0.717, 1.165) is 17.8 Å². The normalized spacial score (nSPS) is 15.0. The van der Waals surface area contributed by atoms with Gasteiger partial charge in [-0.25, -0.2) is 9.50 Å². The lowest BCUT2D eigenvalue weighted by molar-refractivity contribution is 0.0780. The topological polar surface area (TPSA) is 50.5 Å². The second-order valence-corrected chi connectivity index (χ2v) is 3.56. The van der Waals surface area contributed by atoms with E-state index in [4.69, 9.17) is 0 Å². The minimum Gasteiger partial charge on any atom is -0.333 e. The number of nitrogens with zero attached hydrogens (tertiary/aromatic N) is 4. The SMILES string of the molecule is CCN1Cc2ccc3ncnn3c2C1=O. The van der Waals surface area contributed by atoms with Crippen molar-refractivity contribution in [3.63, 3.8) is 0 Å². The molecule has 1 aliphatic heterocycles. The van der Waals surface area contributed by atoms with Crippen LogP contribution in [0.4, 0.5) is 0 Å². The third kappa shape index (κ3) is 1.000. The fourth-order valence-electron chi connectivity index (χ4n) is 1.96. The quantitative estimate of drug-likeness (QED) is 0.684. The first-order chi connectivity index (χ1) is 7.31. The van der Waals surface area contributed by atoms with Crippen LogP contribution >= 0.6 is 0 Å². The molecular weight excluding hydrogens is 192 g/mol. The lowest BCUT2D eigenvalue weighted by atomic mass is 10.2. The highest BCUT2D eigenvalue weighted by atomic mass is 16.2. The zero-order valence-electron chi connectivity index (χ0n) is 8.34. The van der Waals surface area contributed by atoms with Crippen LogP contribution in [0.25, 0.3) is 5.65 Å². The molecule has 5 heteroatoms. The fraction of sp³-hybridized carbons (Fsp3) is 0.300. The van der Waals surface area contributed by atoms with Gasteiger partial charge < -0.3 is 4.90 Å². The highest BCUT2D eigenvalue weighted by molar-refractivity contribution is 5.97. The van der Waals surface area contributed by atoms with E-state index in [1.165, 1.54) is 6.33 Å². The summed E-state index contributed by atoms with van der Waals surface area (Å²) in [5, 5.41) is 4.07. The molecule has 0 atom stereocenters. The number of carbonyl (C=O) groups excluding carboxylic acids is 1. The molecule has 0 saturated carbocycles. The van der Waals surface area contributed by atoms with Crippen LogP contribution in [0.15, 0.2) is 18.5 Å². The summed E-state index contributed by atoms with van der Waals surface area (Å²) in [6.07, 6.45) is 1.47. The Balaban J connectivity index is 2.29.